The van der Waals surface area contributed by atoms with Gasteiger partial charge in [0.1, 0.15) is 11.9 Å². The third-order valence-corrected chi connectivity index (χ3v) is 5.19. The molecular weight excluding hydrogens is 366 g/mol. The molecule has 2 rings (SSSR count). The minimum absolute atomic E-state index is 0.0259. The molecule has 0 fully saturated rings. The molecule has 0 spiro atoms. The summed E-state index contributed by atoms with van der Waals surface area (Å²) < 4.78 is 0. The fourth-order valence-electron chi connectivity index (χ4n) is 2.90. The maximum absolute atomic E-state index is 12.9. The molecule has 0 aliphatic carbocycles. The minimum atomic E-state index is -0.722. The van der Waals surface area contributed by atoms with Crippen LogP contribution in [0.25, 0.3) is 0 Å². The van der Waals surface area contributed by atoms with Gasteiger partial charge in [-0.05, 0) is 35.6 Å². The van der Waals surface area contributed by atoms with E-state index >= 15 is 0 Å². The number of aryl methyl sites for hydroxylation is 1. The number of nitrogens with one attached hydrogen (secondary N) is 2. The number of aromatic nitrogens is 1. The second-order valence-corrected chi connectivity index (χ2v) is 7.41. The van der Waals surface area contributed by atoms with E-state index in [4.69, 9.17) is 11.5 Å². The molecule has 0 aliphatic rings. The van der Waals surface area contributed by atoms with Gasteiger partial charge < -0.3 is 22.1 Å². The Morgan fingerprint density at radius 3 is 2.48 bits per heavy atom. The van der Waals surface area contributed by atoms with Gasteiger partial charge in [0.15, 0.2) is 0 Å². The Bertz CT molecular complexity index is 822. The van der Waals surface area contributed by atoms with Crippen molar-refractivity contribution >= 4 is 17.6 Å². The lowest BCUT2D eigenvalue weighted by Crippen LogP contribution is -2.53. The number of anilines is 1. The van der Waals surface area contributed by atoms with Gasteiger partial charge in [-0.3, -0.25) is 9.59 Å². The third-order valence-electron chi connectivity index (χ3n) is 5.19. The van der Waals surface area contributed by atoms with Gasteiger partial charge in [0.2, 0.25) is 11.8 Å². The largest absolute Gasteiger partial charge is 0.384 e. The van der Waals surface area contributed by atoms with Crippen LogP contribution < -0.4 is 22.1 Å². The average molecular weight is 398 g/mol. The Hall–Kier alpha value is -2.93. The lowest BCUT2D eigenvalue weighted by Gasteiger charge is -2.23. The third kappa shape index (κ3) is 6.57. The SMILES string of the molecule is CCC(C)[C@@H](N)C(=O)N[C@@H](Cc1ccccc1C)C(=O)NCc1ccc(N)nc1. The highest BCUT2D eigenvalue weighted by atomic mass is 16.2. The molecule has 29 heavy (non-hydrogen) atoms. The van der Waals surface area contributed by atoms with E-state index in [0.29, 0.717) is 18.8 Å². The summed E-state index contributed by atoms with van der Waals surface area (Å²) in [5.41, 5.74) is 14.5. The Morgan fingerprint density at radius 2 is 1.86 bits per heavy atom. The van der Waals surface area contributed by atoms with E-state index in [1.165, 1.54) is 0 Å². The van der Waals surface area contributed by atoms with E-state index in [-0.39, 0.29) is 17.7 Å². The van der Waals surface area contributed by atoms with Crippen LogP contribution in [-0.2, 0) is 22.6 Å². The van der Waals surface area contributed by atoms with Crippen molar-refractivity contribution in [2.45, 2.75) is 52.2 Å². The van der Waals surface area contributed by atoms with Crippen LogP contribution in [0.3, 0.4) is 0 Å². The summed E-state index contributed by atoms with van der Waals surface area (Å²) in [6.45, 7) is 6.19. The highest BCUT2D eigenvalue weighted by Gasteiger charge is 2.26. The molecule has 2 aromatic rings. The van der Waals surface area contributed by atoms with Crippen LogP contribution in [0.1, 0.15) is 37.0 Å². The molecule has 1 unspecified atom stereocenters. The summed E-state index contributed by atoms with van der Waals surface area (Å²) in [7, 11) is 0. The number of nitrogen functional groups attached to an aromatic ring is 1. The van der Waals surface area contributed by atoms with Crippen LogP contribution >= 0.6 is 0 Å². The predicted molar refractivity (Wildman–Crippen MR) is 115 cm³/mol. The van der Waals surface area contributed by atoms with Crippen molar-refractivity contribution in [3.63, 3.8) is 0 Å². The molecule has 1 heterocycles. The molecule has 3 atom stereocenters. The van der Waals surface area contributed by atoms with Crippen LogP contribution in [0.15, 0.2) is 42.6 Å². The molecule has 0 aliphatic heterocycles. The molecular formula is C22H31N5O2. The van der Waals surface area contributed by atoms with Crippen molar-refractivity contribution in [1.82, 2.24) is 15.6 Å². The second-order valence-electron chi connectivity index (χ2n) is 7.41. The summed E-state index contributed by atoms with van der Waals surface area (Å²) in [4.78, 5) is 29.5. The molecule has 7 heteroatoms. The molecule has 6 N–H and O–H groups in total. The first kappa shape index (κ1) is 22.4. The van der Waals surface area contributed by atoms with Gasteiger partial charge in [0, 0.05) is 19.2 Å². The van der Waals surface area contributed by atoms with E-state index in [2.05, 4.69) is 15.6 Å². The molecule has 0 radical (unpaired) electrons. The normalized spacial score (nSPS) is 13.9. The van der Waals surface area contributed by atoms with Crippen molar-refractivity contribution in [1.29, 1.82) is 0 Å². The first-order valence-corrected chi connectivity index (χ1v) is 9.90. The van der Waals surface area contributed by atoms with E-state index in [9.17, 15) is 9.59 Å². The van der Waals surface area contributed by atoms with Gasteiger partial charge in [-0.1, -0.05) is 50.6 Å². The van der Waals surface area contributed by atoms with E-state index in [0.717, 1.165) is 23.1 Å². The summed E-state index contributed by atoms with van der Waals surface area (Å²) in [6.07, 6.45) is 2.79. The summed E-state index contributed by atoms with van der Waals surface area (Å²) in [6, 6.07) is 9.91. The van der Waals surface area contributed by atoms with Gasteiger partial charge >= 0.3 is 0 Å². The molecule has 7 nitrogen and oxygen atoms in total. The van der Waals surface area contributed by atoms with Crippen LogP contribution in [0, 0.1) is 12.8 Å². The lowest BCUT2D eigenvalue weighted by atomic mass is 9.97. The van der Waals surface area contributed by atoms with Crippen LogP contribution in [0.5, 0.6) is 0 Å². The highest BCUT2D eigenvalue weighted by molar-refractivity contribution is 5.90. The number of benzene rings is 1. The summed E-state index contributed by atoms with van der Waals surface area (Å²) >= 11 is 0. The van der Waals surface area contributed by atoms with Crippen molar-refractivity contribution in [3.8, 4) is 0 Å². The first-order chi connectivity index (χ1) is 13.8. The van der Waals surface area contributed by atoms with Crippen LogP contribution in [-0.4, -0.2) is 28.9 Å². The maximum atomic E-state index is 12.9. The zero-order valence-corrected chi connectivity index (χ0v) is 17.3. The number of hydrogen-bond acceptors (Lipinski definition) is 5. The fraction of sp³-hybridized carbons (Fsp3) is 0.409. The predicted octanol–water partition coefficient (Wildman–Crippen LogP) is 1.69. The number of nitrogens with zero attached hydrogens (tertiary/aromatic N) is 1. The van der Waals surface area contributed by atoms with Gasteiger partial charge in [-0.15, -0.1) is 0 Å². The molecule has 1 aromatic carbocycles. The second kappa shape index (κ2) is 10.6. The lowest BCUT2D eigenvalue weighted by molar-refractivity contribution is -0.130. The molecule has 0 saturated carbocycles. The average Bonchev–Trinajstić information content (AvgIpc) is 2.72. The van der Waals surface area contributed by atoms with Gasteiger partial charge in [0.05, 0.1) is 6.04 Å². The molecule has 2 amide bonds. The van der Waals surface area contributed by atoms with Gasteiger partial charge in [-0.2, -0.15) is 0 Å². The number of rotatable bonds is 9. The fourth-order valence-corrected chi connectivity index (χ4v) is 2.90. The first-order valence-electron chi connectivity index (χ1n) is 9.90. The van der Waals surface area contributed by atoms with E-state index in [1.807, 2.05) is 45.0 Å². The standard InChI is InChI=1S/C22H31N5O2/c1-4-14(2)20(24)22(29)27-18(11-17-8-6-5-7-15(17)3)21(28)26-13-16-9-10-19(23)25-12-16/h5-10,12,14,18,20H,4,11,13,24H2,1-3H3,(H2,23,25)(H,26,28)(H,27,29)/t14?,18-,20+/m0/s1. The number of hydrogen-bond donors (Lipinski definition) is 4. The van der Waals surface area contributed by atoms with Crippen LogP contribution in [0.2, 0.25) is 0 Å². The van der Waals surface area contributed by atoms with E-state index in [1.54, 1.807) is 18.3 Å². The van der Waals surface area contributed by atoms with Crippen LogP contribution in [0.4, 0.5) is 5.82 Å². The zero-order valence-electron chi connectivity index (χ0n) is 17.3. The van der Waals surface area contributed by atoms with Gasteiger partial charge in [-0.25, -0.2) is 4.98 Å². The topological polar surface area (TPSA) is 123 Å². The number of carbonyl (C=O) groups is 2. The zero-order chi connectivity index (χ0) is 21.4. The molecule has 156 valence electrons. The van der Waals surface area contributed by atoms with Crippen molar-refractivity contribution < 1.29 is 9.59 Å². The smallest absolute Gasteiger partial charge is 0.243 e. The van der Waals surface area contributed by atoms with Gasteiger partial charge in [0.25, 0.3) is 0 Å². The maximum Gasteiger partial charge on any atom is 0.243 e. The Kier molecular flexibility index (Phi) is 8.15. The summed E-state index contributed by atoms with van der Waals surface area (Å²) in [5.74, 6) is -0.140. The molecule has 0 bridgehead atoms. The highest BCUT2D eigenvalue weighted by Crippen LogP contribution is 2.12. The summed E-state index contributed by atoms with van der Waals surface area (Å²) in [5, 5.41) is 5.71. The monoisotopic (exact) mass is 397 g/mol. The van der Waals surface area contributed by atoms with Crippen molar-refractivity contribution in [3.05, 3.63) is 59.3 Å². The quantitative estimate of drug-likeness (QED) is 0.513. The number of pyridine rings is 1. The Balaban J connectivity index is 2.11. The Labute approximate surface area is 172 Å². The van der Waals surface area contributed by atoms with Crippen molar-refractivity contribution in [2.75, 3.05) is 5.73 Å². The number of carbonyl (C=O) groups excluding carboxylic acids is 2. The molecule has 0 saturated heterocycles. The van der Waals surface area contributed by atoms with E-state index < -0.39 is 12.1 Å². The van der Waals surface area contributed by atoms with Crippen molar-refractivity contribution in [2.24, 2.45) is 11.7 Å². The molecule has 1 aromatic heterocycles. The number of amides is 2. The minimum Gasteiger partial charge on any atom is -0.384 e. The Morgan fingerprint density at radius 1 is 1.14 bits per heavy atom. The number of nitrogens with two attached hydrogens (primary N) is 2.